The molecule has 1 fully saturated rings. The molecule has 5 heteroatoms. The summed E-state index contributed by atoms with van der Waals surface area (Å²) in [6, 6.07) is 12.3. The first-order chi connectivity index (χ1) is 12.8. The summed E-state index contributed by atoms with van der Waals surface area (Å²) in [7, 11) is -3.40. The monoisotopic (exact) mass is 404 g/mol. The van der Waals surface area contributed by atoms with E-state index in [-0.39, 0.29) is 27.4 Å². The van der Waals surface area contributed by atoms with Gasteiger partial charge in [0.15, 0.2) is 15.6 Å². The van der Waals surface area contributed by atoms with E-state index in [0.29, 0.717) is 11.5 Å². The zero-order chi connectivity index (χ0) is 19.6. The first kappa shape index (κ1) is 20.1. The van der Waals surface area contributed by atoms with E-state index < -0.39 is 9.84 Å². The van der Waals surface area contributed by atoms with Crippen molar-refractivity contribution >= 4 is 27.2 Å². The molecule has 0 aromatic heterocycles. The van der Waals surface area contributed by atoms with E-state index in [1.54, 1.807) is 30.3 Å². The van der Waals surface area contributed by atoms with Crippen LogP contribution in [0.15, 0.2) is 47.4 Å². The van der Waals surface area contributed by atoms with Crippen LogP contribution in [0.1, 0.15) is 49.9 Å². The number of ketones is 1. The zero-order valence-electron chi connectivity index (χ0n) is 15.7. The second-order valence-corrected chi connectivity index (χ2v) is 10.1. The lowest BCUT2D eigenvalue weighted by Gasteiger charge is -2.26. The minimum atomic E-state index is -3.40. The van der Waals surface area contributed by atoms with E-state index in [1.807, 2.05) is 12.1 Å². The van der Waals surface area contributed by atoms with Crippen molar-refractivity contribution in [1.82, 2.24) is 0 Å². The smallest absolute Gasteiger partial charge is 0.180 e. The minimum Gasteiger partial charge on any atom is -0.295 e. The largest absolute Gasteiger partial charge is 0.295 e. The second-order valence-electron chi connectivity index (χ2n) is 7.69. The standard InChI is InChI=1S/C22H25ClO3S/c1-15-3-5-17(6-4-15)14-27(25,26)22-12-11-20(13-21(22)23)19-9-7-18(8-10-19)16(2)24/h7-13,15,17H,3-6,14H2,1-2H3. The van der Waals surface area contributed by atoms with Crippen molar-refractivity contribution in [3.05, 3.63) is 53.1 Å². The lowest BCUT2D eigenvalue weighted by molar-refractivity contribution is 0.101. The maximum absolute atomic E-state index is 12.8. The highest BCUT2D eigenvalue weighted by molar-refractivity contribution is 7.91. The molecule has 3 rings (SSSR count). The van der Waals surface area contributed by atoms with Crippen LogP contribution in [0.4, 0.5) is 0 Å². The van der Waals surface area contributed by atoms with Gasteiger partial charge in [-0.2, -0.15) is 0 Å². The van der Waals surface area contributed by atoms with Gasteiger partial charge >= 0.3 is 0 Å². The molecule has 0 radical (unpaired) electrons. The highest BCUT2D eigenvalue weighted by Crippen LogP contribution is 2.33. The molecule has 1 aliphatic rings. The molecule has 0 amide bonds. The van der Waals surface area contributed by atoms with Gasteiger partial charge in [-0.05, 0) is 54.9 Å². The fraction of sp³-hybridized carbons (Fsp3) is 0.409. The van der Waals surface area contributed by atoms with Gasteiger partial charge < -0.3 is 0 Å². The van der Waals surface area contributed by atoms with Crippen molar-refractivity contribution in [3.8, 4) is 11.1 Å². The lowest BCUT2D eigenvalue weighted by atomic mass is 9.84. The Labute approximate surface area is 166 Å². The third kappa shape index (κ3) is 4.80. The Bertz CT molecular complexity index is 925. The minimum absolute atomic E-state index is 0.0122. The molecule has 0 N–H and O–H groups in total. The Morgan fingerprint density at radius 2 is 1.59 bits per heavy atom. The van der Waals surface area contributed by atoms with E-state index in [4.69, 9.17) is 11.6 Å². The van der Waals surface area contributed by atoms with Crippen LogP contribution in [0.3, 0.4) is 0 Å². The molecule has 3 nitrogen and oxygen atoms in total. The van der Waals surface area contributed by atoms with Crippen LogP contribution >= 0.6 is 11.6 Å². The molecule has 1 saturated carbocycles. The molecule has 0 unspecified atom stereocenters. The van der Waals surface area contributed by atoms with Gasteiger partial charge in [-0.15, -0.1) is 0 Å². The Morgan fingerprint density at radius 3 is 2.15 bits per heavy atom. The number of halogens is 1. The molecular weight excluding hydrogens is 380 g/mol. The molecule has 0 bridgehead atoms. The third-order valence-corrected chi connectivity index (χ3v) is 7.84. The maximum atomic E-state index is 12.8. The predicted octanol–water partition coefficient (Wildman–Crippen LogP) is 5.81. The normalized spacial score (nSPS) is 20.4. The highest BCUT2D eigenvalue weighted by atomic mass is 35.5. The molecule has 1 aliphatic carbocycles. The first-order valence-electron chi connectivity index (χ1n) is 9.40. The van der Waals surface area contributed by atoms with Gasteiger partial charge in [0, 0.05) is 5.56 Å². The van der Waals surface area contributed by atoms with Crippen LogP contribution < -0.4 is 0 Å². The molecule has 144 valence electrons. The topological polar surface area (TPSA) is 51.2 Å². The van der Waals surface area contributed by atoms with Crippen molar-refractivity contribution < 1.29 is 13.2 Å². The molecule has 0 heterocycles. The van der Waals surface area contributed by atoms with Gasteiger partial charge in [0.1, 0.15) is 0 Å². The molecule has 27 heavy (non-hydrogen) atoms. The summed E-state index contributed by atoms with van der Waals surface area (Å²) in [6.45, 7) is 3.75. The number of benzene rings is 2. The third-order valence-electron chi connectivity index (χ3n) is 5.48. The van der Waals surface area contributed by atoms with Crippen LogP contribution in [-0.2, 0) is 9.84 Å². The van der Waals surface area contributed by atoms with Crippen molar-refractivity contribution in [1.29, 1.82) is 0 Å². The number of hydrogen-bond donors (Lipinski definition) is 0. The van der Waals surface area contributed by atoms with Crippen LogP contribution in [0.5, 0.6) is 0 Å². The molecule has 0 saturated heterocycles. The van der Waals surface area contributed by atoms with E-state index >= 15 is 0 Å². The Balaban J connectivity index is 1.80. The van der Waals surface area contributed by atoms with Gasteiger partial charge in [0.05, 0.1) is 15.7 Å². The fourth-order valence-corrected chi connectivity index (χ4v) is 6.02. The maximum Gasteiger partial charge on any atom is 0.180 e. The molecular formula is C22H25ClO3S. The summed E-state index contributed by atoms with van der Waals surface area (Å²) in [5.41, 5.74) is 2.37. The van der Waals surface area contributed by atoms with Crippen molar-refractivity contribution in [3.63, 3.8) is 0 Å². The van der Waals surface area contributed by atoms with Crippen LogP contribution in [0.25, 0.3) is 11.1 Å². The Kier molecular flexibility index (Phi) is 6.07. The second kappa shape index (κ2) is 8.15. The Morgan fingerprint density at radius 1 is 1.00 bits per heavy atom. The Hall–Kier alpha value is -1.65. The van der Waals surface area contributed by atoms with Crippen molar-refractivity contribution in [2.24, 2.45) is 11.8 Å². The van der Waals surface area contributed by atoms with Gasteiger partial charge in [-0.1, -0.05) is 61.7 Å². The summed E-state index contributed by atoms with van der Waals surface area (Å²) in [4.78, 5) is 11.6. The lowest BCUT2D eigenvalue weighted by Crippen LogP contribution is -2.21. The summed E-state index contributed by atoms with van der Waals surface area (Å²) < 4.78 is 25.7. The quantitative estimate of drug-likeness (QED) is 0.591. The van der Waals surface area contributed by atoms with E-state index in [0.717, 1.165) is 36.8 Å². The van der Waals surface area contributed by atoms with Crippen LogP contribution in [0.2, 0.25) is 5.02 Å². The van der Waals surface area contributed by atoms with E-state index in [9.17, 15) is 13.2 Å². The fourth-order valence-electron chi connectivity index (χ4n) is 3.73. The molecule has 0 spiro atoms. The predicted molar refractivity (Wildman–Crippen MR) is 110 cm³/mol. The molecule has 0 aliphatic heterocycles. The van der Waals surface area contributed by atoms with Crippen molar-refractivity contribution in [2.75, 3.05) is 5.75 Å². The average molecular weight is 405 g/mol. The van der Waals surface area contributed by atoms with E-state index in [2.05, 4.69) is 6.92 Å². The summed E-state index contributed by atoms with van der Waals surface area (Å²) in [6.07, 6.45) is 4.14. The van der Waals surface area contributed by atoms with Crippen LogP contribution in [0, 0.1) is 11.8 Å². The SMILES string of the molecule is CC(=O)c1ccc(-c2ccc(S(=O)(=O)CC3CCC(C)CC3)c(Cl)c2)cc1. The molecule has 0 atom stereocenters. The zero-order valence-corrected chi connectivity index (χ0v) is 17.3. The average Bonchev–Trinajstić information content (AvgIpc) is 2.63. The number of Topliss-reactive ketones (excluding diaryl/α,β-unsaturated/α-hetero) is 1. The summed E-state index contributed by atoms with van der Waals surface area (Å²) >= 11 is 6.35. The number of carbonyl (C=O) groups is 1. The van der Waals surface area contributed by atoms with E-state index in [1.165, 1.54) is 6.92 Å². The molecule has 2 aromatic rings. The number of hydrogen-bond acceptors (Lipinski definition) is 3. The summed E-state index contributed by atoms with van der Waals surface area (Å²) in [5, 5.41) is 0.257. The van der Waals surface area contributed by atoms with Crippen LogP contribution in [-0.4, -0.2) is 20.0 Å². The number of rotatable bonds is 5. The first-order valence-corrected chi connectivity index (χ1v) is 11.4. The highest BCUT2D eigenvalue weighted by Gasteiger charge is 2.26. The number of carbonyl (C=O) groups excluding carboxylic acids is 1. The molecule has 2 aromatic carbocycles. The summed E-state index contributed by atoms with van der Waals surface area (Å²) in [5.74, 6) is 1.10. The van der Waals surface area contributed by atoms with Gasteiger partial charge in [0.2, 0.25) is 0 Å². The van der Waals surface area contributed by atoms with Crippen molar-refractivity contribution in [2.45, 2.75) is 44.4 Å². The number of sulfone groups is 1. The van der Waals surface area contributed by atoms with Gasteiger partial charge in [-0.3, -0.25) is 4.79 Å². The van der Waals surface area contributed by atoms with Gasteiger partial charge in [-0.25, -0.2) is 8.42 Å². The van der Waals surface area contributed by atoms with Gasteiger partial charge in [0.25, 0.3) is 0 Å².